The molecule has 0 aromatic rings. The average Bonchev–Trinajstić information content (AvgIpc) is 2.28. The molecule has 0 radical (unpaired) electrons. The fourth-order valence-corrected chi connectivity index (χ4v) is 1.20. The molecule has 0 spiro atoms. The van der Waals surface area contributed by atoms with Crippen LogP contribution in [-0.2, 0) is 14.3 Å². The first-order chi connectivity index (χ1) is 5.15. The highest BCUT2D eigenvalue weighted by molar-refractivity contribution is 5.89. The van der Waals surface area contributed by atoms with E-state index in [-0.39, 0.29) is 12.1 Å². The van der Waals surface area contributed by atoms with Crippen molar-refractivity contribution in [3.05, 3.63) is 11.3 Å². The summed E-state index contributed by atoms with van der Waals surface area (Å²) >= 11 is 0. The van der Waals surface area contributed by atoms with Crippen LogP contribution in [-0.4, -0.2) is 19.2 Å². The van der Waals surface area contributed by atoms with Crippen molar-refractivity contribution in [1.82, 2.24) is 0 Å². The third-order valence-corrected chi connectivity index (χ3v) is 1.73. The molecule has 0 saturated heterocycles. The number of carbonyl (C=O) groups excluding carboxylic acids is 1. The summed E-state index contributed by atoms with van der Waals surface area (Å²) < 4.78 is 9.85. The summed E-state index contributed by atoms with van der Waals surface area (Å²) in [6.07, 6.45) is 0.780. The Morgan fingerprint density at radius 3 is 2.73 bits per heavy atom. The second kappa shape index (κ2) is 2.95. The van der Waals surface area contributed by atoms with Gasteiger partial charge in [-0.3, -0.25) is 0 Å². The van der Waals surface area contributed by atoms with Gasteiger partial charge in [0.1, 0.15) is 5.76 Å². The maximum Gasteiger partial charge on any atom is 0.337 e. The van der Waals surface area contributed by atoms with Crippen molar-refractivity contribution in [2.24, 2.45) is 0 Å². The molecule has 1 aliphatic rings. The lowest BCUT2D eigenvalue weighted by Crippen LogP contribution is -2.05. The van der Waals surface area contributed by atoms with Crippen molar-refractivity contribution < 1.29 is 14.3 Å². The van der Waals surface area contributed by atoms with E-state index in [0.717, 1.165) is 0 Å². The molecule has 0 fully saturated rings. The molecule has 0 bridgehead atoms. The maximum atomic E-state index is 11.0. The minimum atomic E-state index is -0.271. The highest BCUT2D eigenvalue weighted by atomic mass is 16.5. The molecule has 1 rings (SSSR count). The van der Waals surface area contributed by atoms with E-state index in [9.17, 15) is 4.79 Å². The third kappa shape index (κ3) is 1.53. The van der Waals surface area contributed by atoms with Gasteiger partial charge in [-0.1, -0.05) is 0 Å². The Morgan fingerprint density at radius 2 is 2.36 bits per heavy atom. The Morgan fingerprint density at radius 1 is 1.73 bits per heavy atom. The molecule has 3 nitrogen and oxygen atoms in total. The first kappa shape index (κ1) is 8.11. The normalized spacial score (nSPS) is 23.4. The van der Waals surface area contributed by atoms with Crippen molar-refractivity contribution in [1.29, 1.82) is 0 Å². The molecule has 0 aromatic heterocycles. The lowest BCUT2D eigenvalue weighted by molar-refractivity contribution is -0.136. The standard InChI is InChI=1S/C8H12O3/c1-5-4-7(6(2)11-5)8(9)10-3/h5H,4H2,1-3H3. The van der Waals surface area contributed by atoms with Crippen molar-refractivity contribution in [2.75, 3.05) is 7.11 Å². The van der Waals surface area contributed by atoms with Gasteiger partial charge in [0.15, 0.2) is 0 Å². The van der Waals surface area contributed by atoms with Crippen LogP contribution < -0.4 is 0 Å². The minimum Gasteiger partial charge on any atom is -0.494 e. The number of allylic oxidation sites excluding steroid dienone is 1. The highest BCUT2D eigenvalue weighted by Gasteiger charge is 2.24. The summed E-state index contributed by atoms with van der Waals surface area (Å²) in [5.41, 5.74) is 0.667. The van der Waals surface area contributed by atoms with E-state index in [1.807, 2.05) is 6.92 Å². The third-order valence-electron chi connectivity index (χ3n) is 1.73. The summed E-state index contributed by atoms with van der Waals surface area (Å²) in [4.78, 5) is 11.0. The van der Waals surface area contributed by atoms with Gasteiger partial charge in [0.2, 0.25) is 0 Å². The van der Waals surface area contributed by atoms with Crippen LogP contribution in [0.3, 0.4) is 0 Å². The molecule has 1 heterocycles. The van der Waals surface area contributed by atoms with Gasteiger partial charge in [-0.05, 0) is 13.8 Å². The van der Waals surface area contributed by atoms with Crippen LogP contribution >= 0.6 is 0 Å². The van der Waals surface area contributed by atoms with E-state index in [1.54, 1.807) is 6.92 Å². The van der Waals surface area contributed by atoms with Crippen molar-refractivity contribution in [3.8, 4) is 0 Å². The molecule has 11 heavy (non-hydrogen) atoms. The number of hydrogen-bond donors (Lipinski definition) is 0. The molecule has 1 aliphatic heterocycles. The average molecular weight is 156 g/mol. The van der Waals surface area contributed by atoms with Gasteiger partial charge in [-0.2, -0.15) is 0 Å². The molecule has 3 heteroatoms. The van der Waals surface area contributed by atoms with Crippen LogP contribution in [0.5, 0.6) is 0 Å². The number of hydrogen-bond acceptors (Lipinski definition) is 3. The first-order valence-electron chi connectivity index (χ1n) is 3.60. The van der Waals surface area contributed by atoms with E-state index in [1.165, 1.54) is 7.11 Å². The van der Waals surface area contributed by atoms with Crippen molar-refractivity contribution in [3.63, 3.8) is 0 Å². The van der Waals surface area contributed by atoms with Gasteiger partial charge in [-0.15, -0.1) is 0 Å². The maximum absolute atomic E-state index is 11.0. The molecular weight excluding hydrogens is 144 g/mol. The van der Waals surface area contributed by atoms with Crippen LogP contribution in [0.2, 0.25) is 0 Å². The number of carbonyl (C=O) groups is 1. The van der Waals surface area contributed by atoms with Gasteiger partial charge < -0.3 is 9.47 Å². The zero-order chi connectivity index (χ0) is 8.43. The number of methoxy groups -OCH3 is 1. The van der Waals surface area contributed by atoms with Crippen LogP contribution in [0.25, 0.3) is 0 Å². The Balaban J connectivity index is 2.72. The molecule has 0 N–H and O–H groups in total. The number of esters is 1. The van der Waals surface area contributed by atoms with E-state index in [0.29, 0.717) is 17.8 Å². The monoisotopic (exact) mass is 156 g/mol. The van der Waals surface area contributed by atoms with Gasteiger partial charge in [-0.25, -0.2) is 4.79 Å². The van der Waals surface area contributed by atoms with E-state index < -0.39 is 0 Å². The summed E-state index contributed by atoms with van der Waals surface area (Å²) in [5.74, 6) is 0.427. The summed E-state index contributed by atoms with van der Waals surface area (Å²) in [7, 11) is 1.38. The molecule has 1 unspecified atom stereocenters. The summed E-state index contributed by atoms with van der Waals surface area (Å²) in [6.45, 7) is 3.72. The Labute approximate surface area is 66.0 Å². The zero-order valence-corrected chi connectivity index (χ0v) is 7.01. The quantitative estimate of drug-likeness (QED) is 0.536. The van der Waals surface area contributed by atoms with E-state index >= 15 is 0 Å². The van der Waals surface area contributed by atoms with E-state index in [2.05, 4.69) is 4.74 Å². The molecule has 0 saturated carbocycles. The SMILES string of the molecule is COC(=O)C1=C(C)OC(C)C1. The smallest absolute Gasteiger partial charge is 0.337 e. The lowest BCUT2D eigenvalue weighted by atomic mass is 10.1. The first-order valence-corrected chi connectivity index (χ1v) is 3.60. The largest absolute Gasteiger partial charge is 0.494 e. The fraction of sp³-hybridized carbons (Fsp3) is 0.625. The minimum absolute atomic E-state index is 0.115. The van der Waals surface area contributed by atoms with E-state index in [4.69, 9.17) is 4.74 Å². The van der Waals surface area contributed by atoms with Gasteiger partial charge in [0.25, 0.3) is 0 Å². The van der Waals surface area contributed by atoms with Gasteiger partial charge in [0, 0.05) is 6.42 Å². The zero-order valence-electron chi connectivity index (χ0n) is 7.01. The summed E-state index contributed by atoms with van der Waals surface area (Å²) in [5, 5.41) is 0. The predicted octanol–water partition coefficient (Wildman–Crippen LogP) is 1.24. The molecule has 0 aromatic carbocycles. The Kier molecular flexibility index (Phi) is 2.17. The topological polar surface area (TPSA) is 35.5 Å². The number of ether oxygens (including phenoxy) is 2. The van der Waals surface area contributed by atoms with Crippen molar-refractivity contribution in [2.45, 2.75) is 26.4 Å². The van der Waals surface area contributed by atoms with Crippen LogP contribution in [0, 0.1) is 0 Å². The molecule has 0 aliphatic carbocycles. The lowest BCUT2D eigenvalue weighted by Gasteiger charge is -2.01. The Hall–Kier alpha value is -0.990. The molecular formula is C8H12O3. The summed E-state index contributed by atoms with van der Waals surface area (Å²) in [6, 6.07) is 0. The van der Waals surface area contributed by atoms with Crippen LogP contribution in [0.1, 0.15) is 20.3 Å². The molecule has 62 valence electrons. The highest BCUT2D eigenvalue weighted by Crippen LogP contribution is 2.24. The van der Waals surface area contributed by atoms with Gasteiger partial charge in [0.05, 0.1) is 18.8 Å². The van der Waals surface area contributed by atoms with Crippen LogP contribution in [0.15, 0.2) is 11.3 Å². The second-order valence-electron chi connectivity index (χ2n) is 2.66. The fourth-order valence-electron chi connectivity index (χ4n) is 1.20. The van der Waals surface area contributed by atoms with Crippen LogP contribution in [0.4, 0.5) is 0 Å². The Bertz CT molecular complexity index is 205. The number of rotatable bonds is 1. The second-order valence-corrected chi connectivity index (χ2v) is 2.66. The van der Waals surface area contributed by atoms with Gasteiger partial charge >= 0.3 is 5.97 Å². The molecule has 1 atom stereocenters. The van der Waals surface area contributed by atoms with Crippen molar-refractivity contribution >= 4 is 5.97 Å². The molecule has 0 amide bonds. The predicted molar refractivity (Wildman–Crippen MR) is 39.9 cm³/mol.